The highest BCUT2D eigenvalue weighted by Gasteiger charge is 2.22. The summed E-state index contributed by atoms with van der Waals surface area (Å²) in [6.07, 6.45) is 2.08. The summed E-state index contributed by atoms with van der Waals surface area (Å²) in [5.41, 5.74) is 1.85. The van der Waals surface area contributed by atoms with Gasteiger partial charge in [-0.1, -0.05) is 18.2 Å². The van der Waals surface area contributed by atoms with Crippen LogP contribution in [0.25, 0.3) is 10.6 Å². The van der Waals surface area contributed by atoms with Crippen molar-refractivity contribution in [3.05, 3.63) is 70.7 Å². The number of thiazole rings is 1. The smallest absolute Gasteiger partial charge is 0.273 e. The average molecular weight is 400 g/mol. The number of amides is 1. The first-order valence-corrected chi connectivity index (χ1v) is 9.90. The monoisotopic (exact) mass is 400 g/mol. The van der Waals surface area contributed by atoms with Crippen LogP contribution in [0.15, 0.2) is 47.8 Å². The molecule has 7 heteroatoms. The molecule has 0 N–H and O–H groups in total. The van der Waals surface area contributed by atoms with E-state index in [0.29, 0.717) is 17.0 Å². The number of halogens is 2. The van der Waals surface area contributed by atoms with E-state index >= 15 is 0 Å². The number of hydrogen-bond donors (Lipinski definition) is 0. The van der Waals surface area contributed by atoms with Crippen LogP contribution in [0.1, 0.15) is 28.9 Å². The number of carbonyl (C=O) groups excluding carboxylic acids is 1. The van der Waals surface area contributed by atoms with E-state index < -0.39 is 11.6 Å². The fraction of sp³-hybridized carbons (Fsp3) is 0.238. The molecule has 2 heterocycles. The minimum absolute atomic E-state index is 0.0225. The van der Waals surface area contributed by atoms with Crippen molar-refractivity contribution in [1.29, 1.82) is 0 Å². The second kappa shape index (κ2) is 8.06. The summed E-state index contributed by atoms with van der Waals surface area (Å²) in [5.74, 6) is -1.21. The van der Waals surface area contributed by atoms with Crippen molar-refractivity contribution in [3.63, 3.8) is 0 Å². The lowest BCUT2D eigenvalue weighted by Crippen LogP contribution is -2.27. The number of aromatic nitrogens is 1. The minimum Gasteiger partial charge on any atom is -0.489 e. The van der Waals surface area contributed by atoms with E-state index in [0.717, 1.165) is 48.6 Å². The number of carbonyl (C=O) groups is 1. The summed E-state index contributed by atoms with van der Waals surface area (Å²) in [6.45, 7) is 1.70. The molecule has 144 valence electrons. The van der Waals surface area contributed by atoms with Crippen LogP contribution in [0.2, 0.25) is 0 Å². The van der Waals surface area contributed by atoms with Crippen molar-refractivity contribution in [1.82, 2.24) is 9.88 Å². The van der Waals surface area contributed by atoms with Crippen LogP contribution in [-0.4, -0.2) is 28.9 Å². The highest BCUT2D eigenvalue weighted by Crippen LogP contribution is 2.28. The van der Waals surface area contributed by atoms with Gasteiger partial charge < -0.3 is 9.64 Å². The Labute approximate surface area is 165 Å². The van der Waals surface area contributed by atoms with Crippen LogP contribution in [0, 0.1) is 11.6 Å². The van der Waals surface area contributed by atoms with Gasteiger partial charge in [0.15, 0.2) is 11.6 Å². The molecule has 3 aromatic rings. The molecule has 0 unspecified atom stereocenters. The Kier molecular flexibility index (Phi) is 5.34. The zero-order valence-electron chi connectivity index (χ0n) is 15.0. The maximum absolute atomic E-state index is 13.3. The van der Waals surface area contributed by atoms with Gasteiger partial charge in [0, 0.05) is 24.0 Å². The first-order chi connectivity index (χ1) is 13.6. The van der Waals surface area contributed by atoms with E-state index in [1.54, 1.807) is 11.4 Å². The van der Waals surface area contributed by atoms with Crippen molar-refractivity contribution in [2.45, 2.75) is 19.4 Å². The molecule has 1 saturated heterocycles. The molecule has 0 atom stereocenters. The predicted octanol–water partition coefficient (Wildman–Crippen LogP) is 4.90. The highest BCUT2D eigenvalue weighted by atomic mass is 32.1. The minimum atomic E-state index is -0.896. The van der Waals surface area contributed by atoms with Gasteiger partial charge in [-0.2, -0.15) is 0 Å². The fourth-order valence-corrected chi connectivity index (χ4v) is 3.89. The van der Waals surface area contributed by atoms with E-state index in [-0.39, 0.29) is 12.5 Å². The molecule has 4 nitrogen and oxygen atoms in total. The molecule has 0 spiro atoms. The number of hydrogen-bond acceptors (Lipinski definition) is 4. The normalized spacial score (nSPS) is 13.7. The van der Waals surface area contributed by atoms with Gasteiger partial charge in [-0.15, -0.1) is 11.3 Å². The molecule has 1 fully saturated rings. The quantitative estimate of drug-likeness (QED) is 0.612. The lowest BCUT2D eigenvalue weighted by Gasteiger charge is -2.12. The lowest BCUT2D eigenvalue weighted by atomic mass is 10.2. The van der Waals surface area contributed by atoms with Gasteiger partial charge in [-0.25, -0.2) is 13.8 Å². The van der Waals surface area contributed by atoms with Crippen molar-refractivity contribution >= 4 is 17.2 Å². The van der Waals surface area contributed by atoms with Crippen molar-refractivity contribution in [3.8, 4) is 16.3 Å². The summed E-state index contributed by atoms with van der Waals surface area (Å²) in [5, 5.41) is 2.52. The Hall–Kier alpha value is -2.80. The zero-order valence-corrected chi connectivity index (χ0v) is 15.8. The third kappa shape index (κ3) is 4.04. The molecule has 1 aromatic heterocycles. The molecular formula is C21H18F2N2O2S. The number of rotatable bonds is 5. The summed E-state index contributed by atoms with van der Waals surface area (Å²) < 4.78 is 32.0. The van der Waals surface area contributed by atoms with Gasteiger partial charge in [-0.3, -0.25) is 4.79 Å². The fourth-order valence-electron chi connectivity index (χ4n) is 3.10. The molecule has 1 aliphatic rings. The molecule has 2 aromatic carbocycles. The molecule has 28 heavy (non-hydrogen) atoms. The molecule has 0 radical (unpaired) electrons. The van der Waals surface area contributed by atoms with Crippen LogP contribution in [0.3, 0.4) is 0 Å². The first-order valence-electron chi connectivity index (χ1n) is 9.02. The van der Waals surface area contributed by atoms with E-state index in [1.807, 2.05) is 23.1 Å². The zero-order chi connectivity index (χ0) is 19.5. The van der Waals surface area contributed by atoms with E-state index in [2.05, 4.69) is 4.98 Å². The van der Waals surface area contributed by atoms with E-state index in [9.17, 15) is 13.6 Å². The second-order valence-corrected chi connectivity index (χ2v) is 7.46. The summed E-state index contributed by atoms with van der Waals surface area (Å²) in [6, 6.07) is 11.0. The molecule has 0 aliphatic carbocycles. The number of benzene rings is 2. The Bertz CT molecular complexity index is 1000. The van der Waals surface area contributed by atoms with Crippen LogP contribution < -0.4 is 4.74 Å². The van der Waals surface area contributed by atoms with Crippen LogP contribution >= 0.6 is 11.3 Å². The molecule has 0 bridgehead atoms. The number of likely N-dealkylation sites (tertiary alicyclic amines) is 1. The van der Waals surface area contributed by atoms with Crippen molar-refractivity contribution < 1.29 is 18.3 Å². The molecule has 1 amide bonds. The predicted molar refractivity (Wildman–Crippen MR) is 103 cm³/mol. The van der Waals surface area contributed by atoms with Crippen molar-refractivity contribution in [2.75, 3.05) is 13.1 Å². The summed E-state index contributed by atoms with van der Waals surface area (Å²) in [7, 11) is 0. The van der Waals surface area contributed by atoms with Crippen LogP contribution in [-0.2, 0) is 6.61 Å². The highest BCUT2D eigenvalue weighted by molar-refractivity contribution is 7.13. The second-order valence-electron chi connectivity index (χ2n) is 6.60. The van der Waals surface area contributed by atoms with Gasteiger partial charge in [-0.05, 0) is 42.7 Å². The number of nitrogens with zero attached hydrogens (tertiary/aromatic N) is 2. The molecule has 0 saturated carbocycles. The lowest BCUT2D eigenvalue weighted by molar-refractivity contribution is 0.0788. The third-order valence-corrected chi connectivity index (χ3v) is 5.48. The number of ether oxygens (including phenoxy) is 1. The van der Waals surface area contributed by atoms with Gasteiger partial charge in [0.1, 0.15) is 23.1 Å². The topological polar surface area (TPSA) is 42.4 Å². The van der Waals surface area contributed by atoms with Crippen LogP contribution in [0.5, 0.6) is 5.75 Å². The third-order valence-electron chi connectivity index (χ3n) is 4.59. The largest absolute Gasteiger partial charge is 0.489 e. The van der Waals surface area contributed by atoms with Crippen LogP contribution in [0.4, 0.5) is 8.78 Å². The standard InChI is InChI=1S/C21H18F2N2O2S/c22-17-7-6-14(10-18(17)23)12-27-16-5-3-4-15(11-16)20-24-19(13-28-20)21(26)25-8-1-2-9-25/h3-7,10-11,13H,1-2,8-9,12H2. The first kappa shape index (κ1) is 18.6. The van der Waals surface area contributed by atoms with Gasteiger partial charge in [0.05, 0.1) is 0 Å². The average Bonchev–Trinajstić information content (AvgIpc) is 3.41. The van der Waals surface area contributed by atoms with Gasteiger partial charge in [0.2, 0.25) is 0 Å². The Morgan fingerprint density at radius 3 is 2.71 bits per heavy atom. The molecular weight excluding hydrogens is 382 g/mol. The summed E-state index contributed by atoms with van der Waals surface area (Å²) >= 11 is 1.41. The maximum Gasteiger partial charge on any atom is 0.273 e. The molecule has 4 rings (SSSR count). The van der Waals surface area contributed by atoms with Crippen molar-refractivity contribution in [2.24, 2.45) is 0 Å². The SMILES string of the molecule is O=C(c1csc(-c2cccc(OCc3ccc(F)c(F)c3)c2)n1)N1CCCC1. The summed E-state index contributed by atoms with van der Waals surface area (Å²) in [4.78, 5) is 18.8. The van der Waals surface area contributed by atoms with Gasteiger partial charge in [0.25, 0.3) is 5.91 Å². The Morgan fingerprint density at radius 2 is 1.93 bits per heavy atom. The molecule has 1 aliphatic heterocycles. The maximum atomic E-state index is 13.3. The van der Waals surface area contributed by atoms with Gasteiger partial charge >= 0.3 is 0 Å². The Balaban J connectivity index is 1.46. The van der Waals surface area contributed by atoms with E-state index in [1.165, 1.54) is 17.4 Å². The van der Waals surface area contributed by atoms with E-state index in [4.69, 9.17) is 4.74 Å². The Morgan fingerprint density at radius 1 is 1.11 bits per heavy atom.